The Bertz CT molecular complexity index is 578. The SMILES string of the molecule is Cc1ccc([S@+]([O-])N=CCCc2ccccc2C)cc1. The van der Waals surface area contributed by atoms with E-state index in [-0.39, 0.29) is 0 Å². The van der Waals surface area contributed by atoms with Crippen LogP contribution in [0.5, 0.6) is 0 Å². The van der Waals surface area contributed by atoms with E-state index in [1.54, 1.807) is 6.21 Å². The van der Waals surface area contributed by atoms with Gasteiger partial charge in [-0.05, 0) is 49.9 Å². The molecule has 0 aliphatic carbocycles. The summed E-state index contributed by atoms with van der Waals surface area (Å²) in [7, 11) is 0. The van der Waals surface area contributed by atoms with Gasteiger partial charge in [-0.1, -0.05) is 46.4 Å². The van der Waals surface area contributed by atoms with Crippen LogP contribution in [0.4, 0.5) is 0 Å². The molecule has 20 heavy (non-hydrogen) atoms. The first-order chi connectivity index (χ1) is 9.66. The second kappa shape index (κ2) is 7.27. The van der Waals surface area contributed by atoms with Crippen LogP contribution in [0.15, 0.2) is 57.8 Å². The van der Waals surface area contributed by atoms with E-state index in [0.717, 1.165) is 23.3 Å². The molecule has 2 aromatic rings. The molecule has 0 fully saturated rings. The Balaban J connectivity index is 1.87. The van der Waals surface area contributed by atoms with E-state index in [0.29, 0.717) is 0 Å². The minimum atomic E-state index is -1.29. The third kappa shape index (κ3) is 4.22. The molecule has 0 radical (unpaired) electrons. The Morgan fingerprint density at radius 2 is 1.75 bits per heavy atom. The zero-order valence-corrected chi connectivity index (χ0v) is 12.7. The van der Waals surface area contributed by atoms with Gasteiger partial charge >= 0.3 is 0 Å². The van der Waals surface area contributed by atoms with Crippen LogP contribution in [0.25, 0.3) is 0 Å². The number of hydrogen-bond acceptors (Lipinski definition) is 2. The number of hydrogen-bond donors (Lipinski definition) is 0. The molecule has 2 rings (SSSR count). The van der Waals surface area contributed by atoms with Gasteiger partial charge in [-0.25, -0.2) is 0 Å². The van der Waals surface area contributed by atoms with Crippen molar-refractivity contribution in [2.45, 2.75) is 31.6 Å². The van der Waals surface area contributed by atoms with E-state index in [2.05, 4.69) is 23.5 Å². The Hall–Kier alpha value is -1.58. The highest BCUT2D eigenvalue weighted by atomic mass is 32.2. The van der Waals surface area contributed by atoms with Gasteiger partial charge in [-0.15, -0.1) is 0 Å². The quantitative estimate of drug-likeness (QED) is 0.603. The zero-order valence-electron chi connectivity index (χ0n) is 11.9. The summed E-state index contributed by atoms with van der Waals surface area (Å²) in [6.45, 7) is 4.12. The fraction of sp³-hybridized carbons (Fsp3) is 0.235. The average Bonchev–Trinajstić information content (AvgIpc) is 2.46. The molecule has 0 aliphatic heterocycles. The predicted octanol–water partition coefficient (Wildman–Crippen LogP) is 4.03. The standard InChI is InChI=1S/C17H19NOS/c1-14-9-11-17(12-10-14)20(19)18-13-5-8-16-7-4-3-6-15(16)2/h3-4,6-7,9-13H,5,8H2,1-2H3/t20-/m0/s1. The lowest BCUT2D eigenvalue weighted by Gasteiger charge is -2.04. The number of nitrogens with zero attached hydrogens (tertiary/aromatic N) is 1. The Kier molecular flexibility index (Phi) is 5.39. The van der Waals surface area contributed by atoms with Crippen LogP contribution in [-0.4, -0.2) is 10.8 Å². The highest BCUT2D eigenvalue weighted by Crippen LogP contribution is 2.13. The Morgan fingerprint density at radius 3 is 2.45 bits per heavy atom. The smallest absolute Gasteiger partial charge is 0.182 e. The lowest BCUT2D eigenvalue weighted by molar-refractivity contribution is 0.597. The number of aryl methyl sites for hydroxylation is 3. The topological polar surface area (TPSA) is 35.4 Å². The van der Waals surface area contributed by atoms with E-state index in [1.807, 2.05) is 43.3 Å². The van der Waals surface area contributed by atoms with Crippen LogP contribution in [-0.2, 0) is 17.8 Å². The van der Waals surface area contributed by atoms with E-state index >= 15 is 0 Å². The number of rotatable bonds is 5. The monoisotopic (exact) mass is 285 g/mol. The van der Waals surface area contributed by atoms with E-state index in [1.165, 1.54) is 11.1 Å². The third-order valence-electron chi connectivity index (χ3n) is 3.20. The van der Waals surface area contributed by atoms with Crippen molar-refractivity contribution in [2.75, 3.05) is 0 Å². The lowest BCUT2D eigenvalue weighted by Crippen LogP contribution is -1.98. The maximum atomic E-state index is 11.9. The van der Waals surface area contributed by atoms with Crippen molar-refractivity contribution in [1.82, 2.24) is 0 Å². The molecule has 0 saturated heterocycles. The van der Waals surface area contributed by atoms with Gasteiger partial charge in [0.1, 0.15) is 11.4 Å². The molecule has 0 heterocycles. The van der Waals surface area contributed by atoms with Crippen molar-refractivity contribution in [2.24, 2.45) is 4.40 Å². The van der Waals surface area contributed by atoms with Crippen molar-refractivity contribution in [3.05, 3.63) is 65.2 Å². The van der Waals surface area contributed by atoms with E-state index in [9.17, 15) is 4.55 Å². The first-order valence-corrected chi connectivity index (χ1v) is 7.83. The first-order valence-electron chi connectivity index (χ1n) is 6.72. The number of benzene rings is 2. The minimum Gasteiger partial charge on any atom is -0.586 e. The third-order valence-corrected chi connectivity index (χ3v) is 4.21. The van der Waals surface area contributed by atoms with Crippen molar-refractivity contribution in [1.29, 1.82) is 0 Å². The van der Waals surface area contributed by atoms with Crippen LogP contribution in [0.2, 0.25) is 0 Å². The summed E-state index contributed by atoms with van der Waals surface area (Å²) in [6, 6.07) is 16.0. The van der Waals surface area contributed by atoms with Crippen molar-refractivity contribution in [3.63, 3.8) is 0 Å². The molecule has 0 amide bonds. The second-order valence-electron chi connectivity index (χ2n) is 4.82. The largest absolute Gasteiger partial charge is 0.586 e. The molecular formula is C17H19NOS. The van der Waals surface area contributed by atoms with Gasteiger partial charge in [0, 0.05) is 0 Å². The molecule has 0 bridgehead atoms. The van der Waals surface area contributed by atoms with Crippen molar-refractivity contribution in [3.8, 4) is 0 Å². The van der Waals surface area contributed by atoms with Crippen molar-refractivity contribution >= 4 is 17.6 Å². The van der Waals surface area contributed by atoms with Gasteiger partial charge in [0.05, 0.1) is 6.21 Å². The molecule has 3 heteroatoms. The summed E-state index contributed by atoms with van der Waals surface area (Å²) in [5.74, 6) is 0. The molecule has 0 spiro atoms. The van der Waals surface area contributed by atoms with E-state index in [4.69, 9.17) is 0 Å². The van der Waals surface area contributed by atoms with Gasteiger partial charge < -0.3 is 4.55 Å². The predicted molar refractivity (Wildman–Crippen MR) is 85.6 cm³/mol. The highest BCUT2D eigenvalue weighted by Gasteiger charge is 2.07. The summed E-state index contributed by atoms with van der Waals surface area (Å²) in [6.07, 6.45) is 3.51. The van der Waals surface area contributed by atoms with Crippen LogP contribution >= 0.6 is 0 Å². The molecule has 0 saturated carbocycles. The Morgan fingerprint density at radius 1 is 1.05 bits per heavy atom. The summed E-state index contributed by atoms with van der Waals surface area (Å²) in [4.78, 5) is 0.753. The summed E-state index contributed by atoms with van der Waals surface area (Å²) >= 11 is -1.29. The summed E-state index contributed by atoms with van der Waals surface area (Å²) in [5, 5.41) is 0. The maximum absolute atomic E-state index is 11.9. The van der Waals surface area contributed by atoms with Crippen LogP contribution in [0.1, 0.15) is 23.1 Å². The van der Waals surface area contributed by atoms with E-state index < -0.39 is 11.4 Å². The second-order valence-corrected chi connectivity index (χ2v) is 6.00. The molecular weight excluding hydrogens is 266 g/mol. The highest BCUT2D eigenvalue weighted by molar-refractivity contribution is 7.90. The molecule has 0 N–H and O–H groups in total. The zero-order chi connectivity index (χ0) is 14.4. The minimum absolute atomic E-state index is 0.753. The average molecular weight is 285 g/mol. The molecule has 0 aromatic heterocycles. The fourth-order valence-corrected chi connectivity index (χ4v) is 2.68. The van der Waals surface area contributed by atoms with Crippen LogP contribution in [0, 0.1) is 13.8 Å². The normalized spacial score (nSPS) is 12.8. The fourth-order valence-electron chi connectivity index (χ4n) is 1.95. The maximum Gasteiger partial charge on any atom is 0.182 e. The van der Waals surface area contributed by atoms with Crippen LogP contribution < -0.4 is 0 Å². The van der Waals surface area contributed by atoms with Gasteiger partial charge in [-0.3, -0.25) is 0 Å². The Labute approximate surface area is 123 Å². The molecule has 2 nitrogen and oxygen atoms in total. The molecule has 104 valence electrons. The molecule has 0 aliphatic rings. The molecule has 2 aromatic carbocycles. The van der Waals surface area contributed by atoms with Crippen LogP contribution in [0.3, 0.4) is 0 Å². The first kappa shape index (κ1) is 14.8. The lowest BCUT2D eigenvalue weighted by atomic mass is 10.0. The van der Waals surface area contributed by atoms with Crippen molar-refractivity contribution < 1.29 is 4.55 Å². The van der Waals surface area contributed by atoms with Gasteiger partial charge in [0.2, 0.25) is 0 Å². The van der Waals surface area contributed by atoms with Gasteiger partial charge in [0.25, 0.3) is 0 Å². The molecule has 0 unspecified atom stereocenters. The summed E-state index contributed by atoms with van der Waals surface area (Å²) in [5.41, 5.74) is 3.77. The van der Waals surface area contributed by atoms with Gasteiger partial charge in [0.15, 0.2) is 4.90 Å². The van der Waals surface area contributed by atoms with Gasteiger partial charge in [-0.2, -0.15) is 0 Å². The summed E-state index contributed by atoms with van der Waals surface area (Å²) < 4.78 is 16.1. The molecule has 1 atom stereocenters.